The Balaban J connectivity index is 2.04. The highest BCUT2D eigenvalue weighted by molar-refractivity contribution is 6.30. The Hall–Kier alpha value is -1.71. The van der Waals surface area contributed by atoms with Crippen molar-refractivity contribution in [2.75, 3.05) is 13.2 Å². The molecule has 0 saturated carbocycles. The lowest BCUT2D eigenvalue weighted by atomic mass is 10.1. The smallest absolute Gasteiger partial charge is 0.166 e. The fourth-order valence-electron chi connectivity index (χ4n) is 2.59. The Morgan fingerprint density at radius 1 is 0.960 bits per heavy atom. The highest BCUT2D eigenvalue weighted by Crippen LogP contribution is 2.32. The van der Waals surface area contributed by atoms with E-state index in [9.17, 15) is 0 Å². The molecule has 25 heavy (non-hydrogen) atoms. The van der Waals surface area contributed by atoms with Crippen molar-refractivity contribution in [3.05, 3.63) is 58.6 Å². The van der Waals surface area contributed by atoms with Gasteiger partial charge in [0.1, 0.15) is 6.61 Å². The third kappa shape index (κ3) is 6.60. The van der Waals surface area contributed by atoms with Gasteiger partial charge in [0.25, 0.3) is 0 Å². The van der Waals surface area contributed by atoms with Crippen molar-refractivity contribution < 1.29 is 9.47 Å². The number of nitrogens with one attached hydrogen (secondary N) is 1. The maximum Gasteiger partial charge on any atom is 0.166 e. The number of hydrogen-bond acceptors (Lipinski definition) is 3. The lowest BCUT2D eigenvalue weighted by Crippen LogP contribution is -2.15. The molecule has 0 aromatic heterocycles. The Morgan fingerprint density at radius 3 is 2.48 bits per heavy atom. The van der Waals surface area contributed by atoms with Crippen molar-refractivity contribution in [3.63, 3.8) is 0 Å². The van der Waals surface area contributed by atoms with Gasteiger partial charge >= 0.3 is 0 Å². The fraction of sp³-hybridized carbons (Fsp3) is 0.429. The van der Waals surface area contributed by atoms with Crippen molar-refractivity contribution in [3.8, 4) is 11.5 Å². The first-order valence-corrected chi connectivity index (χ1v) is 9.45. The van der Waals surface area contributed by atoms with Crippen molar-refractivity contribution in [2.24, 2.45) is 0 Å². The molecule has 0 radical (unpaired) electrons. The number of unbranched alkanes of at least 4 members (excludes halogenated alkanes) is 2. The second-order valence-corrected chi connectivity index (χ2v) is 6.41. The largest absolute Gasteiger partial charge is 0.490 e. The monoisotopic (exact) mass is 361 g/mol. The number of halogens is 1. The van der Waals surface area contributed by atoms with E-state index in [0.717, 1.165) is 40.7 Å². The summed E-state index contributed by atoms with van der Waals surface area (Å²) in [4.78, 5) is 0. The summed E-state index contributed by atoms with van der Waals surface area (Å²) in [7, 11) is 0. The van der Waals surface area contributed by atoms with Crippen LogP contribution in [0.2, 0.25) is 5.02 Å². The van der Waals surface area contributed by atoms with Crippen LogP contribution in [-0.2, 0) is 13.2 Å². The second-order valence-electron chi connectivity index (χ2n) is 5.98. The molecule has 0 atom stereocenters. The van der Waals surface area contributed by atoms with Gasteiger partial charge in [-0.2, -0.15) is 0 Å². The zero-order chi connectivity index (χ0) is 17.9. The summed E-state index contributed by atoms with van der Waals surface area (Å²) in [6.07, 6.45) is 3.69. The van der Waals surface area contributed by atoms with E-state index in [2.05, 4.69) is 18.3 Å². The molecule has 1 N–H and O–H groups in total. The molecular formula is C21H28ClNO2. The molecule has 3 nitrogen and oxygen atoms in total. The molecule has 0 bridgehead atoms. The Labute approximate surface area is 156 Å². The average Bonchev–Trinajstić information content (AvgIpc) is 2.62. The van der Waals surface area contributed by atoms with Gasteiger partial charge in [0, 0.05) is 17.1 Å². The Bertz CT molecular complexity index is 628. The Kier molecular flexibility index (Phi) is 8.64. The minimum Gasteiger partial charge on any atom is -0.490 e. The van der Waals surface area contributed by atoms with Crippen LogP contribution in [0.25, 0.3) is 0 Å². The van der Waals surface area contributed by atoms with Crippen LogP contribution >= 0.6 is 11.6 Å². The van der Waals surface area contributed by atoms with E-state index in [-0.39, 0.29) is 0 Å². The summed E-state index contributed by atoms with van der Waals surface area (Å²) in [5.41, 5.74) is 2.20. The van der Waals surface area contributed by atoms with Gasteiger partial charge in [-0.1, -0.05) is 55.6 Å². The molecule has 0 fully saturated rings. The molecule has 0 aliphatic carbocycles. The lowest BCUT2D eigenvalue weighted by Gasteiger charge is -2.16. The maximum absolute atomic E-state index is 6.12. The number of ether oxygens (including phenoxy) is 2. The summed E-state index contributed by atoms with van der Waals surface area (Å²) in [6, 6.07) is 13.8. The summed E-state index contributed by atoms with van der Waals surface area (Å²) in [5.74, 6) is 1.62. The van der Waals surface area contributed by atoms with Gasteiger partial charge in [-0.3, -0.25) is 0 Å². The third-order valence-corrected chi connectivity index (χ3v) is 4.18. The molecule has 0 saturated heterocycles. The van der Waals surface area contributed by atoms with E-state index in [1.54, 1.807) is 0 Å². The number of para-hydroxylation sites is 1. The van der Waals surface area contributed by atoms with Gasteiger partial charge in [0.05, 0.1) is 6.61 Å². The molecule has 0 aliphatic rings. The molecule has 4 heteroatoms. The van der Waals surface area contributed by atoms with Gasteiger partial charge < -0.3 is 14.8 Å². The van der Waals surface area contributed by atoms with Gasteiger partial charge in [0.2, 0.25) is 0 Å². The molecule has 2 aromatic rings. The number of hydrogen-bond donors (Lipinski definition) is 1. The second kappa shape index (κ2) is 11.0. The molecule has 2 rings (SSSR count). The van der Waals surface area contributed by atoms with E-state index in [0.29, 0.717) is 13.2 Å². The molecule has 0 spiro atoms. The van der Waals surface area contributed by atoms with E-state index < -0.39 is 0 Å². The van der Waals surface area contributed by atoms with Crippen LogP contribution in [-0.4, -0.2) is 13.2 Å². The molecule has 0 heterocycles. The molecule has 0 amide bonds. The lowest BCUT2D eigenvalue weighted by molar-refractivity contribution is 0.266. The summed E-state index contributed by atoms with van der Waals surface area (Å²) in [5, 5.41) is 4.23. The highest BCUT2D eigenvalue weighted by Gasteiger charge is 2.11. The van der Waals surface area contributed by atoms with Crippen LogP contribution in [0.1, 0.15) is 44.2 Å². The van der Waals surface area contributed by atoms with Crippen molar-refractivity contribution in [2.45, 2.75) is 46.3 Å². The first-order chi connectivity index (χ1) is 12.2. The average molecular weight is 362 g/mol. The third-order valence-electron chi connectivity index (χ3n) is 3.93. The van der Waals surface area contributed by atoms with E-state index in [4.69, 9.17) is 21.1 Å². The standard InChI is InChI=1S/C21H28ClNO2/c1-3-5-6-14-23-15-18-8-7-9-20(24-4-2)21(18)25-16-17-10-12-19(22)13-11-17/h7-13,23H,3-6,14-16H2,1-2H3. The molecule has 136 valence electrons. The van der Waals surface area contributed by atoms with Crippen LogP contribution in [0.4, 0.5) is 0 Å². The molecule has 0 unspecified atom stereocenters. The summed E-state index contributed by atoms with van der Waals surface area (Å²) in [6.45, 7) is 7.10. The van der Waals surface area contributed by atoms with E-state index in [1.165, 1.54) is 19.3 Å². The predicted octanol–water partition coefficient (Wildman–Crippen LogP) is 5.60. The normalized spacial score (nSPS) is 10.7. The first-order valence-electron chi connectivity index (χ1n) is 9.07. The first kappa shape index (κ1) is 19.6. The number of benzene rings is 2. The van der Waals surface area contributed by atoms with Gasteiger partial charge in [-0.15, -0.1) is 0 Å². The summed E-state index contributed by atoms with van der Waals surface area (Å²) >= 11 is 5.94. The SMILES string of the molecule is CCCCCNCc1cccc(OCC)c1OCc1ccc(Cl)cc1. The molecule has 0 aliphatic heterocycles. The minimum atomic E-state index is 0.490. The Morgan fingerprint density at radius 2 is 1.76 bits per heavy atom. The molecule has 2 aromatic carbocycles. The predicted molar refractivity (Wildman–Crippen MR) is 105 cm³/mol. The van der Waals surface area contributed by atoms with Crippen LogP contribution < -0.4 is 14.8 Å². The van der Waals surface area contributed by atoms with Crippen molar-refractivity contribution in [1.82, 2.24) is 5.32 Å². The topological polar surface area (TPSA) is 30.5 Å². The van der Waals surface area contributed by atoms with Crippen LogP contribution in [0.3, 0.4) is 0 Å². The van der Waals surface area contributed by atoms with Crippen LogP contribution in [0, 0.1) is 0 Å². The highest BCUT2D eigenvalue weighted by atomic mass is 35.5. The van der Waals surface area contributed by atoms with Crippen molar-refractivity contribution >= 4 is 11.6 Å². The van der Waals surface area contributed by atoms with Gasteiger partial charge in [-0.25, -0.2) is 0 Å². The van der Waals surface area contributed by atoms with Crippen molar-refractivity contribution in [1.29, 1.82) is 0 Å². The van der Waals surface area contributed by atoms with Gasteiger partial charge in [-0.05, 0) is 43.7 Å². The molecular weight excluding hydrogens is 334 g/mol. The van der Waals surface area contributed by atoms with Gasteiger partial charge in [0.15, 0.2) is 11.5 Å². The fourth-order valence-corrected chi connectivity index (χ4v) is 2.72. The van der Waals surface area contributed by atoms with E-state index in [1.807, 2.05) is 43.3 Å². The maximum atomic E-state index is 6.12. The van der Waals surface area contributed by atoms with Crippen LogP contribution in [0.5, 0.6) is 11.5 Å². The quantitative estimate of drug-likeness (QED) is 0.528. The van der Waals surface area contributed by atoms with Crippen LogP contribution in [0.15, 0.2) is 42.5 Å². The zero-order valence-electron chi connectivity index (χ0n) is 15.2. The zero-order valence-corrected chi connectivity index (χ0v) is 15.9. The number of rotatable bonds is 11. The minimum absolute atomic E-state index is 0.490. The van der Waals surface area contributed by atoms with E-state index >= 15 is 0 Å². The summed E-state index contributed by atoms with van der Waals surface area (Å²) < 4.78 is 11.9.